The second-order valence-corrected chi connectivity index (χ2v) is 10.4. The molecular weight excluding hydrogens is 506 g/mol. The molecule has 0 aliphatic rings. The molecule has 4 aromatic carbocycles. The lowest BCUT2D eigenvalue weighted by Gasteiger charge is -2.17. The summed E-state index contributed by atoms with van der Waals surface area (Å²) in [4.78, 5) is 0. The first-order valence-electron chi connectivity index (χ1n) is 14.5. The Bertz CT molecular complexity index is 1300. The number of nitrogens with one attached hydrogen (secondary N) is 2. The third-order valence-corrected chi connectivity index (χ3v) is 7.22. The number of rotatable bonds is 16. The van der Waals surface area contributed by atoms with Crippen LogP contribution in [-0.4, -0.2) is 54.2 Å². The molecule has 4 aromatic rings. The molecule has 0 bridgehead atoms. The molecule has 0 aliphatic heterocycles. The summed E-state index contributed by atoms with van der Waals surface area (Å²) >= 11 is 0. The molecule has 0 atom stereocenters. The van der Waals surface area contributed by atoms with Gasteiger partial charge in [-0.2, -0.15) is 0 Å². The Hall–Kier alpha value is -3.19. The third-order valence-electron chi connectivity index (χ3n) is 7.22. The molecular formula is C34H42B2N2O3. The van der Waals surface area contributed by atoms with Crippen LogP contribution in [0.5, 0.6) is 0 Å². The summed E-state index contributed by atoms with van der Waals surface area (Å²) in [6.45, 7) is 8.25. The Morgan fingerprint density at radius 2 is 1.00 bits per heavy atom. The van der Waals surface area contributed by atoms with Crippen molar-refractivity contribution in [3.05, 3.63) is 114 Å². The summed E-state index contributed by atoms with van der Waals surface area (Å²) in [6.07, 6.45) is 0. The van der Waals surface area contributed by atoms with Crippen LogP contribution < -0.4 is 27.0 Å². The Balaban J connectivity index is 1.34. The summed E-state index contributed by atoms with van der Waals surface area (Å²) in [5, 5.41) is 6.28. The Morgan fingerprint density at radius 1 is 0.561 bits per heavy atom. The lowest BCUT2D eigenvalue weighted by molar-refractivity contribution is 0.107. The molecule has 0 radical (unpaired) electrons. The van der Waals surface area contributed by atoms with Crippen LogP contribution in [0.15, 0.2) is 97.1 Å². The highest BCUT2D eigenvalue weighted by Crippen LogP contribution is 2.19. The first kappa shape index (κ1) is 30.8. The van der Waals surface area contributed by atoms with Crippen molar-refractivity contribution in [1.82, 2.24) is 10.6 Å². The summed E-state index contributed by atoms with van der Waals surface area (Å²) in [6, 6.07) is 34.4. The molecule has 0 aliphatic carbocycles. The Labute approximate surface area is 246 Å². The van der Waals surface area contributed by atoms with E-state index >= 15 is 0 Å². The molecule has 0 saturated carbocycles. The fourth-order valence-corrected chi connectivity index (χ4v) is 4.65. The first-order chi connectivity index (χ1) is 20.1. The second-order valence-electron chi connectivity index (χ2n) is 10.4. The van der Waals surface area contributed by atoms with Gasteiger partial charge in [-0.05, 0) is 59.7 Å². The molecule has 41 heavy (non-hydrogen) atoms. The standard InChI is InChI=1S/C34H42B2N2O3/c1-27-5-11-30(12-6-27)31-13-19-34(20-14-31)36(41-24-22-38-4)33-17-9-29(10-18-33)26-39-25-28-7-15-32(16-8-28)35(2)40-23-21-37-3/h5-20,37-38H,21-26H2,1-4H3. The maximum absolute atomic E-state index is 6.34. The van der Waals surface area contributed by atoms with Crippen molar-refractivity contribution in [2.24, 2.45) is 0 Å². The van der Waals surface area contributed by atoms with E-state index in [4.69, 9.17) is 14.0 Å². The molecule has 5 nitrogen and oxygen atoms in total. The van der Waals surface area contributed by atoms with Crippen molar-refractivity contribution >= 4 is 30.2 Å². The summed E-state index contributed by atoms with van der Waals surface area (Å²) in [5.74, 6) is 0. The van der Waals surface area contributed by atoms with Gasteiger partial charge in [0.25, 0.3) is 0 Å². The number of benzene rings is 4. The highest BCUT2D eigenvalue weighted by atomic mass is 16.5. The van der Waals surface area contributed by atoms with Crippen LogP contribution in [0.4, 0.5) is 0 Å². The maximum Gasteiger partial charge on any atom is 0.361 e. The molecule has 0 amide bonds. The molecule has 0 unspecified atom stereocenters. The predicted octanol–water partition coefficient (Wildman–Crippen LogP) is 3.78. The summed E-state index contributed by atoms with van der Waals surface area (Å²) in [7, 11) is 3.88. The van der Waals surface area contributed by atoms with Crippen LogP contribution >= 0.6 is 0 Å². The van der Waals surface area contributed by atoms with E-state index in [2.05, 4.69) is 121 Å². The van der Waals surface area contributed by atoms with Crippen LogP contribution in [-0.2, 0) is 27.3 Å². The van der Waals surface area contributed by atoms with Gasteiger partial charge in [-0.3, -0.25) is 0 Å². The van der Waals surface area contributed by atoms with Crippen molar-refractivity contribution in [3.8, 4) is 11.1 Å². The molecule has 0 fully saturated rings. The average molecular weight is 548 g/mol. The molecule has 0 heterocycles. The minimum atomic E-state index is -0.131. The van der Waals surface area contributed by atoms with Crippen molar-refractivity contribution in [2.75, 3.05) is 40.4 Å². The summed E-state index contributed by atoms with van der Waals surface area (Å²) in [5.41, 5.74) is 9.44. The minimum Gasteiger partial charge on any atom is -0.430 e. The van der Waals surface area contributed by atoms with E-state index in [1.165, 1.54) is 22.2 Å². The van der Waals surface area contributed by atoms with E-state index in [-0.39, 0.29) is 13.8 Å². The lowest BCUT2D eigenvalue weighted by Crippen LogP contribution is -2.46. The third kappa shape index (κ3) is 9.42. The van der Waals surface area contributed by atoms with Crippen molar-refractivity contribution in [3.63, 3.8) is 0 Å². The van der Waals surface area contributed by atoms with Gasteiger partial charge in [0.15, 0.2) is 0 Å². The molecule has 0 spiro atoms. The molecule has 0 saturated heterocycles. The van der Waals surface area contributed by atoms with Crippen LogP contribution in [0.2, 0.25) is 6.82 Å². The summed E-state index contributed by atoms with van der Waals surface area (Å²) < 4.78 is 18.2. The minimum absolute atomic E-state index is 0.0778. The fraction of sp³-hybridized carbons (Fsp3) is 0.294. The normalized spacial score (nSPS) is 11.0. The van der Waals surface area contributed by atoms with E-state index in [1.54, 1.807) is 0 Å². The number of hydrogen-bond acceptors (Lipinski definition) is 5. The SMILES string of the molecule is CNCCOB(C)c1ccc(COCc2ccc(B(OCCNC)c3ccc(-c4ccc(C)cc4)cc3)cc2)cc1. The fourth-order valence-electron chi connectivity index (χ4n) is 4.65. The molecule has 0 aromatic heterocycles. The van der Waals surface area contributed by atoms with E-state index in [0.29, 0.717) is 26.4 Å². The number of aryl methyl sites for hydroxylation is 1. The van der Waals surface area contributed by atoms with Crippen molar-refractivity contribution in [1.29, 1.82) is 0 Å². The first-order valence-corrected chi connectivity index (χ1v) is 14.5. The number of ether oxygens (including phenoxy) is 1. The van der Waals surface area contributed by atoms with Gasteiger partial charge in [-0.15, -0.1) is 0 Å². The van der Waals surface area contributed by atoms with Crippen LogP contribution in [0, 0.1) is 6.92 Å². The monoisotopic (exact) mass is 548 g/mol. The highest BCUT2D eigenvalue weighted by Gasteiger charge is 2.21. The molecule has 212 valence electrons. The van der Waals surface area contributed by atoms with Crippen LogP contribution in [0.25, 0.3) is 11.1 Å². The quantitative estimate of drug-likeness (QED) is 0.165. The zero-order chi connectivity index (χ0) is 28.9. The van der Waals surface area contributed by atoms with E-state index in [1.807, 2.05) is 14.1 Å². The maximum atomic E-state index is 6.34. The largest absolute Gasteiger partial charge is 0.430 e. The van der Waals surface area contributed by atoms with Gasteiger partial charge in [0.1, 0.15) is 0 Å². The number of likely N-dealkylation sites (N-methyl/N-ethyl adjacent to an activating group) is 2. The predicted molar refractivity (Wildman–Crippen MR) is 174 cm³/mol. The topological polar surface area (TPSA) is 51.8 Å². The zero-order valence-electron chi connectivity index (χ0n) is 24.9. The smallest absolute Gasteiger partial charge is 0.361 e. The molecule has 7 heteroatoms. The van der Waals surface area contributed by atoms with Crippen molar-refractivity contribution < 1.29 is 14.0 Å². The van der Waals surface area contributed by atoms with Gasteiger partial charge in [0.2, 0.25) is 0 Å². The lowest BCUT2D eigenvalue weighted by atomic mass is 9.55. The number of hydrogen-bond donors (Lipinski definition) is 2. The van der Waals surface area contributed by atoms with Crippen molar-refractivity contribution in [2.45, 2.75) is 27.0 Å². The van der Waals surface area contributed by atoms with Gasteiger partial charge in [0, 0.05) is 26.3 Å². The van der Waals surface area contributed by atoms with Crippen LogP contribution in [0.3, 0.4) is 0 Å². The average Bonchev–Trinajstić information content (AvgIpc) is 3.01. The zero-order valence-corrected chi connectivity index (χ0v) is 24.9. The van der Waals surface area contributed by atoms with E-state index in [9.17, 15) is 0 Å². The molecule has 2 N–H and O–H groups in total. The van der Waals surface area contributed by atoms with Gasteiger partial charge < -0.3 is 24.7 Å². The van der Waals surface area contributed by atoms with E-state index < -0.39 is 0 Å². The van der Waals surface area contributed by atoms with Gasteiger partial charge in [-0.25, -0.2) is 0 Å². The second kappa shape index (κ2) is 16.3. The van der Waals surface area contributed by atoms with Gasteiger partial charge in [0.05, 0.1) is 13.2 Å². The van der Waals surface area contributed by atoms with Crippen LogP contribution in [0.1, 0.15) is 16.7 Å². The van der Waals surface area contributed by atoms with E-state index in [0.717, 1.165) is 35.1 Å². The Kier molecular flexibility index (Phi) is 12.2. The highest BCUT2D eigenvalue weighted by molar-refractivity contribution is 6.80. The Morgan fingerprint density at radius 3 is 1.51 bits per heavy atom. The van der Waals surface area contributed by atoms with Gasteiger partial charge >= 0.3 is 13.8 Å². The molecule has 4 rings (SSSR count). The van der Waals surface area contributed by atoms with Gasteiger partial charge in [-0.1, -0.05) is 109 Å².